The highest BCUT2D eigenvalue weighted by molar-refractivity contribution is 6.30. The summed E-state index contributed by atoms with van der Waals surface area (Å²) in [7, 11) is 0. The summed E-state index contributed by atoms with van der Waals surface area (Å²) in [5.74, 6) is 0. The van der Waals surface area contributed by atoms with E-state index in [0.717, 1.165) is 17.6 Å². The molecule has 0 aromatic heterocycles. The van der Waals surface area contributed by atoms with Crippen LogP contribution < -0.4 is 4.90 Å². The molecule has 2 aliphatic rings. The smallest absolute Gasteiger partial charge is 0.103 e. The SMILES string of the molecule is CC1(C)C[C@@H]2C[C@](C)(C[NH+]2Cc2ccc(Cl)cc2)C1. The van der Waals surface area contributed by atoms with E-state index in [-0.39, 0.29) is 0 Å². The predicted molar refractivity (Wildman–Crippen MR) is 80.5 cm³/mol. The average molecular weight is 279 g/mol. The topological polar surface area (TPSA) is 4.44 Å². The zero-order valence-electron chi connectivity index (χ0n) is 12.3. The number of hydrogen-bond acceptors (Lipinski definition) is 0. The highest BCUT2D eigenvalue weighted by atomic mass is 35.5. The highest BCUT2D eigenvalue weighted by Crippen LogP contribution is 2.47. The van der Waals surface area contributed by atoms with Crippen LogP contribution in [-0.4, -0.2) is 12.6 Å². The van der Waals surface area contributed by atoms with Crippen LogP contribution in [0.15, 0.2) is 24.3 Å². The molecule has 1 aromatic carbocycles. The Morgan fingerprint density at radius 2 is 1.84 bits per heavy atom. The summed E-state index contributed by atoms with van der Waals surface area (Å²) in [6.45, 7) is 9.89. The van der Waals surface area contributed by atoms with Crippen molar-refractivity contribution in [3.05, 3.63) is 34.9 Å². The molecule has 1 aliphatic heterocycles. The molecule has 104 valence electrons. The van der Waals surface area contributed by atoms with E-state index in [1.54, 1.807) is 4.90 Å². The first-order chi connectivity index (χ1) is 8.85. The normalized spacial score (nSPS) is 36.4. The molecule has 3 rings (SSSR count). The fraction of sp³-hybridized carbons (Fsp3) is 0.647. The first-order valence-corrected chi connectivity index (χ1v) is 7.82. The average Bonchev–Trinajstić information content (AvgIpc) is 2.51. The molecule has 0 spiro atoms. The van der Waals surface area contributed by atoms with Crippen molar-refractivity contribution in [2.75, 3.05) is 6.54 Å². The zero-order valence-corrected chi connectivity index (χ0v) is 13.1. The van der Waals surface area contributed by atoms with Crippen LogP contribution in [0.1, 0.15) is 45.6 Å². The Labute approximate surface area is 121 Å². The van der Waals surface area contributed by atoms with E-state index in [4.69, 9.17) is 11.6 Å². The predicted octanol–water partition coefficient (Wildman–Crippen LogP) is 3.32. The molecule has 1 aromatic rings. The molecule has 0 radical (unpaired) electrons. The van der Waals surface area contributed by atoms with E-state index in [1.807, 2.05) is 12.1 Å². The molecule has 3 atom stereocenters. The van der Waals surface area contributed by atoms with E-state index >= 15 is 0 Å². The molecule has 1 saturated carbocycles. The van der Waals surface area contributed by atoms with E-state index in [1.165, 1.54) is 31.4 Å². The summed E-state index contributed by atoms with van der Waals surface area (Å²) in [5, 5.41) is 0.840. The number of nitrogens with one attached hydrogen (secondary N) is 1. The van der Waals surface area contributed by atoms with E-state index in [9.17, 15) is 0 Å². The summed E-state index contributed by atoms with van der Waals surface area (Å²) in [6.07, 6.45) is 4.19. The number of rotatable bonds is 2. The Morgan fingerprint density at radius 1 is 1.16 bits per heavy atom. The third-order valence-corrected chi connectivity index (χ3v) is 5.27. The highest BCUT2D eigenvalue weighted by Gasteiger charge is 2.52. The van der Waals surface area contributed by atoms with Gasteiger partial charge in [0.15, 0.2) is 0 Å². The van der Waals surface area contributed by atoms with Crippen molar-refractivity contribution < 1.29 is 4.90 Å². The fourth-order valence-corrected chi connectivity index (χ4v) is 4.95. The molecule has 2 bridgehead atoms. The van der Waals surface area contributed by atoms with Gasteiger partial charge in [-0.05, 0) is 24.0 Å². The Bertz CT molecular complexity index is 465. The molecule has 2 fully saturated rings. The molecule has 19 heavy (non-hydrogen) atoms. The molecule has 2 heteroatoms. The monoisotopic (exact) mass is 278 g/mol. The van der Waals surface area contributed by atoms with Gasteiger partial charge in [0.1, 0.15) is 6.54 Å². The number of benzene rings is 1. The maximum Gasteiger partial charge on any atom is 0.103 e. The molecule has 1 N–H and O–H groups in total. The Balaban J connectivity index is 1.75. The van der Waals surface area contributed by atoms with E-state index < -0.39 is 0 Å². The Morgan fingerprint density at radius 3 is 2.53 bits per heavy atom. The quantitative estimate of drug-likeness (QED) is 0.846. The molecular weight excluding hydrogens is 254 g/mol. The summed E-state index contributed by atoms with van der Waals surface area (Å²) in [5.41, 5.74) is 2.52. The standard InChI is InChI=1S/C17H24ClN/c1-16(2)8-15-9-17(3,11-16)12-19(15)10-13-4-6-14(18)7-5-13/h4-7,15H,8-12H2,1-3H3/p+1/t15-,17+/m1/s1. The van der Waals surface area contributed by atoms with E-state index in [0.29, 0.717) is 10.8 Å². The molecule has 0 amide bonds. The second-order valence-electron chi connectivity index (χ2n) is 7.90. The van der Waals surface area contributed by atoms with Gasteiger partial charge in [0.25, 0.3) is 0 Å². The minimum atomic E-state index is 0.527. The van der Waals surface area contributed by atoms with Gasteiger partial charge in [-0.1, -0.05) is 44.5 Å². The summed E-state index contributed by atoms with van der Waals surface area (Å²) in [6, 6.07) is 9.26. The van der Waals surface area contributed by atoms with Crippen molar-refractivity contribution in [1.82, 2.24) is 0 Å². The van der Waals surface area contributed by atoms with Crippen molar-refractivity contribution in [2.24, 2.45) is 10.8 Å². The maximum atomic E-state index is 5.97. The molecule has 1 heterocycles. The number of likely N-dealkylation sites (tertiary alicyclic amines) is 1. The number of fused-ring (bicyclic) bond motifs is 2. The van der Waals surface area contributed by atoms with Gasteiger partial charge < -0.3 is 4.90 Å². The van der Waals surface area contributed by atoms with Gasteiger partial charge in [-0.2, -0.15) is 0 Å². The first kappa shape index (κ1) is 13.5. The van der Waals surface area contributed by atoms with Crippen molar-refractivity contribution >= 4 is 11.6 Å². The summed E-state index contributed by atoms with van der Waals surface area (Å²) in [4.78, 5) is 1.79. The summed E-state index contributed by atoms with van der Waals surface area (Å²) < 4.78 is 0. The van der Waals surface area contributed by atoms with E-state index in [2.05, 4.69) is 32.9 Å². The number of hydrogen-bond donors (Lipinski definition) is 1. The van der Waals surface area contributed by atoms with Crippen molar-refractivity contribution in [3.8, 4) is 0 Å². The minimum absolute atomic E-state index is 0.527. The first-order valence-electron chi connectivity index (χ1n) is 7.44. The lowest BCUT2D eigenvalue weighted by atomic mass is 9.65. The molecule has 1 unspecified atom stereocenters. The molecule has 1 nitrogen and oxygen atoms in total. The second-order valence-corrected chi connectivity index (χ2v) is 8.33. The van der Waals surface area contributed by atoms with Gasteiger partial charge in [-0.3, -0.25) is 0 Å². The molecular formula is C17H25ClN+. The van der Waals surface area contributed by atoms with Gasteiger partial charge in [0.05, 0.1) is 12.6 Å². The third-order valence-electron chi connectivity index (χ3n) is 5.02. The second kappa shape index (κ2) is 4.49. The van der Waals surface area contributed by atoms with Crippen LogP contribution in [0.3, 0.4) is 0 Å². The van der Waals surface area contributed by atoms with Crippen molar-refractivity contribution in [2.45, 2.75) is 52.6 Å². The minimum Gasteiger partial charge on any atom is -0.328 e. The molecule has 1 aliphatic carbocycles. The fourth-order valence-electron chi connectivity index (χ4n) is 4.82. The van der Waals surface area contributed by atoms with Gasteiger partial charge in [-0.25, -0.2) is 0 Å². The van der Waals surface area contributed by atoms with Crippen LogP contribution in [0.2, 0.25) is 5.02 Å². The van der Waals surface area contributed by atoms with Gasteiger partial charge in [-0.15, -0.1) is 0 Å². The number of halogens is 1. The maximum absolute atomic E-state index is 5.97. The van der Waals surface area contributed by atoms with Crippen LogP contribution in [0, 0.1) is 10.8 Å². The molecule has 1 saturated heterocycles. The lowest BCUT2D eigenvalue weighted by Gasteiger charge is -2.37. The van der Waals surface area contributed by atoms with Crippen LogP contribution in [0.5, 0.6) is 0 Å². The number of quaternary nitrogens is 1. The van der Waals surface area contributed by atoms with Crippen LogP contribution in [0.4, 0.5) is 0 Å². The lowest BCUT2D eigenvalue weighted by molar-refractivity contribution is -0.928. The van der Waals surface area contributed by atoms with Crippen LogP contribution in [0.25, 0.3) is 0 Å². The Kier molecular flexibility index (Phi) is 3.18. The van der Waals surface area contributed by atoms with Crippen molar-refractivity contribution in [3.63, 3.8) is 0 Å². The largest absolute Gasteiger partial charge is 0.328 e. The zero-order chi connectivity index (χ0) is 13.7. The lowest BCUT2D eigenvalue weighted by Crippen LogP contribution is -3.12. The van der Waals surface area contributed by atoms with Gasteiger partial charge in [0, 0.05) is 28.8 Å². The van der Waals surface area contributed by atoms with Crippen LogP contribution in [-0.2, 0) is 6.54 Å². The van der Waals surface area contributed by atoms with Crippen molar-refractivity contribution in [1.29, 1.82) is 0 Å². The van der Waals surface area contributed by atoms with Gasteiger partial charge >= 0.3 is 0 Å². The summed E-state index contributed by atoms with van der Waals surface area (Å²) >= 11 is 5.97. The Hall–Kier alpha value is -0.530. The third kappa shape index (κ3) is 2.83. The van der Waals surface area contributed by atoms with Gasteiger partial charge in [0.2, 0.25) is 0 Å². The van der Waals surface area contributed by atoms with Crippen LogP contribution >= 0.6 is 11.6 Å².